The van der Waals surface area contributed by atoms with Gasteiger partial charge in [0.15, 0.2) is 0 Å². The van der Waals surface area contributed by atoms with Crippen LogP contribution in [0.2, 0.25) is 0 Å². The van der Waals surface area contributed by atoms with Crippen molar-refractivity contribution in [3.05, 3.63) is 48.0 Å². The first kappa shape index (κ1) is 22.5. The van der Waals surface area contributed by atoms with Crippen LogP contribution >= 0.6 is 7.60 Å². The van der Waals surface area contributed by atoms with Crippen molar-refractivity contribution >= 4 is 35.5 Å². The highest BCUT2D eigenvalue weighted by atomic mass is 31.2. The number of para-hydroxylation sites is 1. The first-order valence-corrected chi connectivity index (χ1v) is 11.3. The summed E-state index contributed by atoms with van der Waals surface area (Å²) in [4.78, 5) is 11.9. The van der Waals surface area contributed by atoms with Crippen molar-refractivity contribution in [1.29, 1.82) is 0 Å². The fraction of sp³-hybridized carbons (Fsp3) is 0.381. The maximum Gasteiger partial charge on any atom is 0.346 e. The van der Waals surface area contributed by atoms with Crippen molar-refractivity contribution in [1.82, 2.24) is 5.32 Å². The molecule has 0 bridgehead atoms. The van der Waals surface area contributed by atoms with Gasteiger partial charge >= 0.3 is 13.6 Å². The number of carboxylic acid groups (broad SMARTS) is 1. The lowest BCUT2D eigenvalue weighted by atomic mass is 10.0. The zero-order chi connectivity index (χ0) is 21.7. The molecule has 1 aromatic heterocycles. The van der Waals surface area contributed by atoms with Gasteiger partial charge in [0.25, 0.3) is 0 Å². The third kappa shape index (κ3) is 4.74. The highest BCUT2D eigenvalue weighted by molar-refractivity contribution is 7.54. The van der Waals surface area contributed by atoms with Gasteiger partial charge in [-0.15, -0.1) is 0 Å². The molecule has 0 spiro atoms. The average molecular weight is 434 g/mol. The first-order chi connectivity index (χ1) is 14.4. The summed E-state index contributed by atoms with van der Waals surface area (Å²) < 4.78 is 29.0. The van der Waals surface area contributed by atoms with Gasteiger partial charge in [0, 0.05) is 25.0 Å². The molecule has 0 fully saturated rings. The number of carbonyl (C=O) groups is 1. The molecule has 2 atom stereocenters. The fourth-order valence-corrected chi connectivity index (χ4v) is 5.08. The second-order valence-corrected chi connectivity index (χ2v) is 9.48. The van der Waals surface area contributed by atoms with Gasteiger partial charge in [-0.3, -0.25) is 14.7 Å². The summed E-state index contributed by atoms with van der Waals surface area (Å²) >= 11 is 0. The van der Waals surface area contributed by atoms with E-state index in [1.165, 1.54) is 14.2 Å². The van der Waals surface area contributed by atoms with Crippen LogP contribution in [0.3, 0.4) is 0 Å². The summed E-state index contributed by atoms with van der Waals surface area (Å²) in [6.45, 7) is 0.381. The average Bonchev–Trinajstić information content (AvgIpc) is 3.12. The number of rotatable bonds is 11. The normalized spacial score (nSPS) is 14.2. The summed E-state index contributed by atoms with van der Waals surface area (Å²) in [6.07, 6.45) is 1.09. The second kappa shape index (κ2) is 9.73. The van der Waals surface area contributed by atoms with Gasteiger partial charge in [0.2, 0.25) is 0 Å². The molecule has 0 saturated heterocycles. The van der Waals surface area contributed by atoms with Crippen molar-refractivity contribution in [3.63, 3.8) is 0 Å². The summed E-state index contributed by atoms with van der Waals surface area (Å²) in [5.74, 6) is -1.84. The number of carboxylic acids is 1. The van der Waals surface area contributed by atoms with E-state index in [2.05, 4.69) is 5.32 Å². The van der Waals surface area contributed by atoms with Crippen LogP contribution in [0.1, 0.15) is 18.4 Å². The van der Waals surface area contributed by atoms with E-state index in [9.17, 15) is 14.5 Å². The van der Waals surface area contributed by atoms with E-state index >= 15 is 0 Å². The molecule has 2 aromatic carbocycles. The molecule has 0 radical (unpaired) electrons. The molecule has 162 valence electrons. The molecule has 0 saturated carbocycles. The number of hydrogen-bond acceptors (Lipinski definition) is 7. The molecule has 0 aliphatic carbocycles. The van der Waals surface area contributed by atoms with Crippen LogP contribution in [0.25, 0.3) is 21.9 Å². The highest BCUT2D eigenvalue weighted by Gasteiger charge is 2.36. The molecule has 0 amide bonds. The van der Waals surface area contributed by atoms with E-state index in [0.29, 0.717) is 25.0 Å². The molecule has 0 aliphatic heterocycles. The van der Waals surface area contributed by atoms with Crippen molar-refractivity contribution < 1.29 is 27.9 Å². The molecular weight excluding hydrogens is 407 g/mol. The fourth-order valence-electron chi connectivity index (χ4n) is 3.56. The van der Waals surface area contributed by atoms with E-state index < -0.39 is 25.4 Å². The topological polar surface area (TPSA) is 124 Å². The van der Waals surface area contributed by atoms with E-state index in [1.807, 2.05) is 42.5 Å². The van der Waals surface area contributed by atoms with Crippen molar-refractivity contribution in [2.24, 2.45) is 5.73 Å². The molecule has 3 rings (SSSR count). The summed E-state index contributed by atoms with van der Waals surface area (Å²) in [5.41, 5.74) is 7.83. The summed E-state index contributed by atoms with van der Waals surface area (Å²) in [7, 11) is -0.958. The molecule has 0 unspecified atom stereocenters. The Morgan fingerprint density at radius 3 is 2.53 bits per heavy atom. The lowest BCUT2D eigenvalue weighted by molar-refractivity contribution is -0.139. The van der Waals surface area contributed by atoms with Gasteiger partial charge in [-0.25, -0.2) is 0 Å². The lowest BCUT2D eigenvalue weighted by Crippen LogP contribution is -2.45. The monoisotopic (exact) mass is 434 g/mol. The predicted octanol–water partition coefficient (Wildman–Crippen LogP) is 3.72. The SMILES string of the molecule is COP(=O)(OC)[C@H](CCCN)N[C@@H](Cc1ccc2c(c1)oc1ccccc12)C(=O)O. The number of fused-ring (bicyclic) bond motifs is 3. The Balaban J connectivity index is 1.86. The van der Waals surface area contributed by atoms with Gasteiger partial charge in [-0.1, -0.05) is 30.3 Å². The Bertz CT molecular complexity index is 1060. The number of hydrogen-bond donors (Lipinski definition) is 3. The zero-order valence-corrected chi connectivity index (χ0v) is 17.9. The molecule has 0 aliphatic rings. The predicted molar refractivity (Wildman–Crippen MR) is 116 cm³/mol. The number of nitrogens with two attached hydrogens (primary N) is 1. The standard InChI is InChI=1S/C21H27N2O6P/c1-27-30(26,28-2)20(8-5-11-22)23-17(21(24)25)12-14-9-10-16-15-6-3-4-7-18(15)29-19(16)13-14/h3-4,6-7,9-10,13,17,20,23H,5,8,11-12,22H2,1-2H3,(H,24,25)/t17-,20+/m0/s1. The maximum absolute atomic E-state index is 12.9. The van der Waals surface area contributed by atoms with E-state index in [0.717, 1.165) is 21.9 Å². The van der Waals surface area contributed by atoms with Gasteiger partial charge in [-0.2, -0.15) is 0 Å². The van der Waals surface area contributed by atoms with Gasteiger partial charge in [0.1, 0.15) is 23.0 Å². The third-order valence-electron chi connectivity index (χ3n) is 5.15. The summed E-state index contributed by atoms with van der Waals surface area (Å²) in [6, 6.07) is 12.4. The second-order valence-electron chi connectivity index (χ2n) is 7.04. The Morgan fingerprint density at radius 1 is 1.17 bits per heavy atom. The Morgan fingerprint density at radius 2 is 1.87 bits per heavy atom. The van der Waals surface area contributed by atoms with Crippen LogP contribution in [-0.2, 0) is 24.8 Å². The molecular formula is C21H27N2O6P. The molecule has 3 aromatic rings. The molecule has 1 heterocycles. The van der Waals surface area contributed by atoms with Crippen LogP contribution in [0.15, 0.2) is 46.9 Å². The van der Waals surface area contributed by atoms with Crippen molar-refractivity contribution in [3.8, 4) is 0 Å². The van der Waals surface area contributed by atoms with Crippen molar-refractivity contribution in [2.75, 3.05) is 20.8 Å². The zero-order valence-electron chi connectivity index (χ0n) is 17.0. The highest BCUT2D eigenvalue weighted by Crippen LogP contribution is 2.52. The molecule has 9 heteroatoms. The smallest absolute Gasteiger partial charge is 0.346 e. The molecule has 4 N–H and O–H groups in total. The largest absolute Gasteiger partial charge is 0.480 e. The van der Waals surface area contributed by atoms with E-state index in [4.69, 9.17) is 19.2 Å². The number of benzene rings is 2. The van der Waals surface area contributed by atoms with Crippen LogP contribution < -0.4 is 11.1 Å². The molecule has 8 nitrogen and oxygen atoms in total. The van der Waals surface area contributed by atoms with E-state index in [-0.39, 0.29) is 6.42 Å². The van der Waals surface area contributed by atoms with E-state index in [1.54, 1.807) is 0 Å². The number of nitrogens with one attached hydrogen (secondary N) is 1. The maximum atomic E-state index is 12.9. The number of aliphatic carboxylic acids is 1. The van der Waals surface area contributed by atoms with Gasteiger partial charge in [-0.05, 0) is 43.5 Å². The minimum absolute atomic E-state index is 0.175. The van der Waals surface area contributed by atoms with Gasteiger partial charge < -0.3 is 24.3 Å². The quantitative estimate of drug-likeness (QED) is 0.390. The van der Waals surface area contributed by atoms with Crippen LogP contribution in [0, 0.1) is 0 Å². The molecule has 30 heavy (non-hydrogen) atoms. The van der Waals surface area contributed by atoms with Crippen molar-refractivity contribution in [2.45, 2.75) is 31.1 Å². The minimum atomic E-state index is -3.53. The minimum Gasteiger partial charge on any atom is -0.480 e. The van der Waals surface area contributed by atoms with Crippen LogP contribution in [0.4, 0.5) is 0 Å². The first-order valence-electron chi connectivity index (χ1n) is 9.72. The van der Waals surface area contributed by atoms with Crippen LogP contribution in [0.5, 0.6) is 0 Å². The summed E-state index contributed by atoms with van der Waals surface area (Å²) in [5, 5.41) is 14.7. The Hall–Kier alpha value is -2.22. The van der Waals surface area contributed by atoms with Gasteiger partial charge in [0.05, 0.1) is 0 Å². The Labute approximate surface area is 174 Å². The Kier molecular flexibility index (Phi) is 7.28. The van der Waals surface area contributed by atoms with Crippen LogP contribution in [-0.4, -0.2) is 43.7 Å². The lowest BCUT2D eigenvalue weighted by Gasteiger charge is -2.28. The third-order valence-corrected chi connectivity index (χ3v) is 7.34. The number of furan rings is 1.